The molecule has 0 radical (unpaired) electrons. The number of nitrogens with one attached hydrogen (secondary N) is 1. The number of amides is 1. The van der Waals surface area contributed by atoms with Gasteiger partial charge in [-0.15, -0.1) is 0 Å². The van der Waals surface area contributed by atoms with E-state index in [4.69, 9.17) is 11.6 Å². The summed E-state index contributed by atoms with van der Waals surface area (Å²) in [5.41, 5.74) is 1.56. The lowest BCUT2D eigenvalue weighted by molar-refractivity contribution is -0.116. The van der Waals surface area contributed by atoms with Gasteiger partial charge in [-0.1, -0.05) is 24.6 Å². The third-order valence-corrected chi connectivity index (χ3v) is 6.46. The van der Waals surface area contributed by atoms with Gasteiger partial charge in [0.1, 0.15) is 0 Å². The summed E-state index contributed by atoms with van der Waals surface area (Å²) in [5, 5.41) is 3.49. The van der Waals surface area contributed by atoms with Crippen molar-refractivity contribution in [1.29, 1.82) is 0 Å². The zero-order chi connectivity index (χ0) is 17.0. The van der Waals surface area contributed by atoms with Gasteiger partial charge in [0.2, 0.25) is 5.91 Å². The molecular formula is C16H23ClN2O3S. The fourth-order valence-electron chi connectivity index (χ4n) is 2.86. The number of halogens is 1. The van der Waals surface area contributed by atoms with Gasteiger partial charge in [-0.05, 0) is 37.6 Å². The summed E-state index contributed by atoms with van der Waals surface area (Å²) in [7, 11) is -2.90. The summed E-state index contributed by atoms with van der Waals surface area (Å²) in [6.07, 6.45) is 0.988. The van der Waals surface area contributed by atoms with Crippen LogP contribution in [0.1, 0.15) is 25.3 Å². The number of sulfone groups is 1. The smallest absolute Gasteiger partial charge is 0.225 e. The van der Waals surface area contributed by atoms with E-state index in [0.717, 1.165) is 12.1 Å². The number of hydrogen-bond acceptors (Lipinski definition) is 4. The Hall–Kier alpha value is -1.11. The lowest BCUT2D eigenvalue weighted by Crippen LogP contribution is -2.38. The third-order valence-electron chi connectivity index (χ3n) is 4.30. The monoisotopic (exact) mass is 358 g/mol. The average Bonchev–Trinajstić information content (AvgIpc) is 2.85. The van der Waals surface area contributed by atoms with Crippen molar-refractivity contribution in [2.45, 2.75) is 32.7 Å². The van der Waals surface area contributed by atoms with Crippen LogP contribution in [-0.4, -0.2) is 49.9 Å². The van der Waals surface area contributed by atoms with E-state index in [-0.39, 0.29) is 23.5 Å². The van der Waals surface area contributed by atoms with Crippen LogP contribution in [0, 0.1) is 6.92 Å². The standard InChI is InChI=1S/C16H23ClN2O3S/c1-3-19(13-8-10-23(21,22)11-13)9-7-16(20)18-15-6-4-5-14(17)12(15)2/h4-6,13H,3,7-11H2,1-2H3,(H,18,20). The summed E-state index contributed by atoms with van der Waals surface area (Å²) < 4.78 is 23.2. The fourth-order valence-corrected chi connectivity index (χ4v) is 4.80. The zero-order valence-electron chi connectivity index (χ0n) is 13.5. The van der Waals surface area contributed by atoms with Gasteiger partial charge in [-0.2, -0.15) is 0 Å². The van der Waals surface area contributed by atoms with Crippen LogP contribution in [0.5, 0.6) is 0 Å². The van der Waals surface area contributed by atoms with Crippen LogP contribution in [0.15, 0.2) is 18.2 Å². The molecule has 1 aromatic rings. The molecule has 0 spiro atoms. The number of hydrogen-bond donors (Lipinski definition) is 1. The molecule has 0 aromatic heterocycles. The summed E-state index contributed by atoms with van der Waals surface area (Å²) in [6.45, 7) is 5.15. The van der Waals surface area contributed by atoms with E-state index in [1.165, 1.54) is 0 Å². The van der Waals surface area contributed by atoms with Gasteiger partial charge >= 0.3 is 0 Å². The second kappa shape index (κ2) is 7.64. The van der Waals surface area contributed by atoms with Crippen molar-refractivity contribution in [3.8, 4) is 0 Å². The quantitative estimate of drug-likeness (QED) is 0.848. The molecule has 1 amide bonds. The van der Waals surface area contributed by atoms with E-state index < -0.39 is 9.84 Å². The second-order valence-electron chi connectivity index (χ2n) is 5.90. The van der Waals surface area contributed by atoms with E-state index >= 15 is 0 Å². The van der Waals surface area contributed by atoms with Gasteiger partial charge in [0, 0.05) is 29.7 Å². The topological polar surface area (TPSA) is 66.5 Å². The molecule has 128 valence electrons. The molecule has 23 heavy (non-hydrogen) atoms. The van der Waals surface area contributed by atoms with Crippen molar-refractivity contribution in [3.63, 3.8) is 0 Å². The first-order chi connectivity index (χ1) is 10.8. The van der Waals surface area contributed by atoms with Crippen molar-refractivity contribution in [3.05, 3.63) is 28.8 Å². The molecule has 1 aliphatic heterocycles. The highest BCUT2D eigenvalue weighted by molar-refractivity contribution is 7.91. The largest absolute Gasteiger partial charge is 0.326 e. The number of anilines is 1. The molecule has 1 aliphatic rings. The molecule has 0 aliphatic carbocycles. The molecular weight excluding hydrogens is 336 g/mol. The molecule has 1 saturated heterocycles. The Bertz CT molecular complexity index is 676. The minimum absolute atomic E-state index is 0.0331. The summed E-state index contributed by atoms with van der Waals surface area (Å²) in [4.78, 5) is 14.2. The van der Waals surface area contributed by atoms with Crippen LogP contribution >= 0.6 is 11.6 Å². The maximum atomic E-state index is 12.1. The third kappa shape index (κ3) is 4.93. The molecule has 1 N–H and O–H groups in total. The van der Waals surface area contributed by atoms with Crippen LogP contribution in [0.25, 0.3) is 0 Å². The second-order valence-corrected chi connectivity index (χ2v) is 8.53. The van der Waals surface area contributed by atoms with Crippen LogP contribution < -0.4 is 5.32 Å². The SMILES string of the molecule is CCN(CCC(=O)Nc1cccc(Cl)c1C)C1CCS(=O)(=O)C1. The normalized spacial score (nSPS) is 19.9. The fraction of sp³-hybridized carbons (Fsp3) is 0.562. The zero-order valence-corrected chi connectivity index (χ0v) is 15.1. The Morgan fingerprint density at radius 3 is 2.78 bits per heavy atom. The Balaban J connectivity index is 1.89. The highest BCUT2D eigenvalue weighted by Gasteiger charge is 2.31. The molecule has 1 aromatic carbocycles. The van der Waals surface area contributed by atoms with E-state index in [9.17, 15) is 13.2 Å². The maximum Gasteiger partial charge on any atom is 0.225 e. The molecule has 0 saturated carbocycles. The highest BCUT2D eigenvalue weighted by atomic mass is 35.5. The number of benzene rings is 1. The van der Waals surface area contributed by atoms with Crippen molar-refractivity contribution in [2.24, 2.45) is 0 Å². The Morgan fingerprint density at radius 1 is 1.43 bits per heavy atom. The number of carbonyl (C=O) groups is 1. The Kier molecular flexibility index (Phi) is 6.06. The molecule has 1 heterocycles. The lowest BCUT2D eigenvalue weighted by Gasteiger charge is -2.26. The lowest BCUT2D eigenvalue weighted by atomic mass is 10.2. The minimum atomic E-state index is -2.90. The summed E-state index contributed by atoms with van der Waals surface area (Å²) in [5.74, 6) is 0.368. The van der Waals surface area contributed by atoms with Gasteiger partial charge in [-0.25, -0.2) is 8.42 Å². The van der Waals surface area contributed by atoms with E-state index in [0.29, 0.717) is 30.1 Å². The number of rotatable bonds is 6. The molecule has 1 fully saturated rings. The van der Waals surface area contributed by atoms with Gasteiger partial charge < -0.3 is 5.32 Å². The molecule has 7 heteroatoms. The van der Waals surface area contributed by atoms with Crippen LogP contribution in [0.3, 0.4) is 0 Å². The summed E-state index contributed by atoms with van der Waals surface area (Å²) >= 11 is 6.04. The van der Waals surface area contributed by atoms with Crippen LogP contribution in [0.4, 0.5) is 5.69 Å². The van der Waals surface area contributed by atoms with Gasteiger partial charge in [0.05, 0.1) is 11.5 Å². The predicted octanol–water partition coefficient (Wildman–Crippen LogP) is 2.49. The van der Waals surface area contributed by atoms with Gasteiger partial charge in [0.25, 0.3) is 0 Å². The molecule has 1 unspecified atom stereocenters. The van der Waals surface area contributed by atoms with Crippen LogP contribution in [-0.2, 0) is 14.6 Å². The first kappa shape index (κ1) is 18.2. The van der Waals surface area contributed by atoms with E-state index in [2.05, 4.69) is 10.2 Å². The summed E-state index contributed by atoms with van der Waals surface area (Å²) in [6, 6.07) is 5.43. The first-order valence-electron chi connectivity index (χ1n) is 7.82. The van der Waals surface area contributed by atoms with Gasteiger partial charge in [0.15, 0.2) is 9.84 Å². The predicted molar refractivity (Wildman–Crippen MR) is 93.7 cm³/mol. The number of nitrogens with zero attached hydrogens (tertiary/aromatic N) is 1. The van der Waals surface area contributed by atoms with Crippen molar-refractivity contribution in [1.82, 2.24) is 4.90 Å². The van der Waals surface area contributed by atoms with Crippen molar-refractivity contribution < 1.29 is 13.2 Å². The molecule has 5 nitrogen and oxygen atoms in total. The van der Waals surface area contributed by atoms with E-state index in [1.807, 2.05) is 19.9 Å². The Morgan fingerprint density at radius 2 is 2.17 bits per heavy atom. The number of carbonyl (C=O) groups excluding carboxylic acids is 1. The maximum absolute atomic E-state index is 12.1. The molecule has 1 atom stereocenters. The van der Waals surface area contributed by atoms with Gasteiger partial charge in [-0.3, -0.25) is 9.69 Å². The first-order valence-corrected chi connectivity index (χ1v) is 10.0. The minimum Gasteiger partial charge on any atom is -0.326 e. The van der Waals surface area contributed by atoms with Crippen molar-refractivity contribution in [2.75, 3.05) is 29.9 Å². The Labute approximate surface area is 142 Å². The van der Waals surface area contributed by atoms with Crippen molar-refractivity contribution >= 4 is 33.0 Å². The highest BCUT2D eigenvalue weighted by Crippen LogP contribution is 2.23. The molecule has 2 rings (SSSR count). The van der Waals surface area contributed by atoms with Crippen LogP contribution in [0.2, 0.25) is 5.02 Å². The average molecular weight is 359 g/mol. The molecule has 0 bridgehead atoms. The van der Waals surface area contributed by atoms with E-state index in [1.54, 1.807) is 12.1 Å².